The molecule has 5 heteroatoms. The van der Waals surface area contributed by atoms with Gasteiger partial charge in [0, 0.05) is 32.2 Å². The third-order valence-electron chi connectivity index (χ3n) is 4.17. The predicted octanol–water partition coefficient (Wildman–Crippen LogP) is 3.65. The molecule has 1 N–H and O–H groups in total. The highest BCUT2D eigenvalue weighted by molar-refractivity contribution is 6.30. The molecule has 1 atom stereocenters. The first kappa shape index (κ1) is 16.0. The van der Waals surface area contributed by atoms with Crippen LogP contribution in [0.2, 0.25) is 5.02 Å². The van der Waals surface area contributed by atoms with Gasteiger partial charge >= 0.3 is 0 Å². The molecule has 0 aromatic heterocycles. The Hall–Kier alpha value is -0.350. The van der Waals surface area contributed by atoms with Gasteiger partial charge < -0.3 is 5.32 Å². The van der Waals surface area contributed by atoms with Crippen LogP contribution in [0.1, 0.15) is 30.9 Å². The van der Waals surface area contributed by atoms with Crippen LogP contribution >= 0.6 is 24.0 Å². The zero-order chi connectivity index (χ0) is 13.2. The van der Waals surface area contributed by atoms with Gasteiger partial charge in [0.2, 0.25) is 0 Å². The molecule has 0 bridgehead atoms. The summed E-state index contributed by atoms with van der Waals surface area (Å²) in [7, 11) is 0. The molecular weight excluding hydrogens is 298 g/mol. The van der Waals surface area contributed by atoms with Crippen molar-refractivity contribution in [1.29, 1.82) is 0 Å². The van der Waals surface area contributed by atoms with Gasteiger partial charge in [0.1, 0.15) is 5.82 Å². The van der Waals surface area contributed by atoms with Crippen LogP contribution in [0.4, 0.5) is 4.39 Å². The molecule has 1 heterocycles. The number of hydrogen-bond acceptors (Lipinski definition) is 2. The summed E-state index contributed by atoms with van der Waals surface area (Å²) in [6.45, 7) is 4.14. The smallest absolute Gasteiger partial charge is 0.142 e. The van der Waals surface area contributed by atoms with Crippen LogP contribution in [0.15, 0.2) is 18.2 Å². The van der Waals surface area contributed by atoms with Crippen molar-refractivity contribution >= 4 is 24.0 Å². The average Bonchev–Trinajstić information content (AvgIpc) is 3.24. The quantitative estimate of drug-likeness (QED) is 0.911. The van der Waals surface area contributed by atoms with Gasteiger partial charge in [0.15, 0.2) is 0 Å². The van der Waals surface area contributed by atoms with E-state index in [2.05, 4.69) is 10.2 Å². The van der Waals surface area contributed by atoms with E-state index in [1.807, 2.05) is 6.07 Å². The van der Waals surface area contributed by atoms with Crippen LogP contribution in [0.25, 0.3) is 0 Å². The highest BCUT2D eigenvalue weighted by atomic mass is 35.5. The van der Waals surface area contributed by atoms with Crippen molar-refractivity contribution in [3.63, 3.8) is 0 Å². The van der Waals surface area contributed by atoms with Gasteiger partial charge in [-0.15, -0.1) is 12.4 Å². The second-order valence-electron chi connectivity index (χ2n) is 5.65. The number of hydrogen-bond donors (Lipinski definition) is 1. The molecule has 0 amide bonds. The Bertz CT molecular complexity index is 445. The molecule has 1 aliphatic carbocycles. The Morgan fingerprint density at radius 2 is 2.00 bits per heavy atom. The maximum atomic E-state index is 13.7. The first-order chi connectivity index (χ1) is 9.24. The van der Waals surface area contributed by atoms with E-state index in [9.17, 15) is 4.39 Å². The van der Waals surface area contributed by atoms with Gasteiger partial charge in [-0.1, -0.05) is 30.5 Å². The van der Waals surface area contributed by atoms with Gasteiger partial charge in [-0.05, 0) is 30.0 Å². The second-order valence-corrected chi connectivity index (χ2v) is 6.06. The lowest BCUT2D eigenvalue weighted by molar-refractivity contribution is 0.160. The fourth-order valence-corrected chi connectivity index (χ4v) is 3.00. The Morgan fingerprint density at radius 3 is 2.60 bits per heavy atom. The van der Waals surface area contributed by atoms with Crippen LogP contribution in [0, 0.1) is 11.7 Å². The van der Waals surface area contributed by atoms with Crippen LogP contribution in [0.5, 0.6) is 0 Å². The van der Waals surface area contributed by atoms with Gasteiger partial charge in [-0.2, -0.15) is 0 Å². The molecule has 1 saturated carbocycles. The van der Waals surface area contributed by atoms with E-state index >= 15 is 0 Å². The van der Waals surface area contributed by atoms with Crippen molar-refractivity contribution in [2.24, 2.45) is 5.92 Å². The Labute approximate surface area is 131 Å². The van der Waals surface area contributed by atoms with Crippen molar-refractivity contribution in [2.45, 2.75) is 25.3 Å². The number of nitrogens with zero attached hydrogens (tertiary/aromatic N) is 1. The molecule has 20 heavy (non-hydrogen) atoms. The summed E-state index contributed by atoms with van der Waals surface area (Å²) < 4.78 is 13.7. The number of rotatable bonds is 4. The van der Waals surface area contributed by atoms with Gasteiger partial charge in [-0.25, -0.2) is 4.39 Å². The molecule has 2 aliphatic rings. The monoisotopic (exact) mass is 318 g/mol. The summed E-state index contributed by atoms with van der Waals surface area (Å²) in [6, 6.07) is 5.65. The van der Waals surface area contributed by atoms with E-state index in [0.29, 0.717) is 6.04 Å². The Morgan fingerprint density at radius 1 is 1.30 bits per heavy atom. The summed E-state index contributed by atoms with van der Waals surface area (Å²) in [5.74, 6) is 0.536. The van der Waals surface area contributed by atoms with Gasteiger partial charge in [0.05, 0.1) is 5.02 Å². The standard InChI is InChI=1S/C15H20ClFN2.ClH/c16-13-4-3-12(10-14(13)17)15(9-11-1-2-11)19-7-5-18-6-8-19;/h3-4,10-11,15,18H,1-2,5-9H2;1H/t15-;/m0./s1. The molecule has 0 unspecified atom stereocenters. The van der Waals surface area contributed by atoms with Gasteiger partial charge in [0.25, 0.3) is 0 Å². The van der Waals surface area contributed by atoms with Crippen LogP contribution in [-0.2, 0) is 0 Å². The third-order valence-corrected chi connectivity index (χ3v) is 4.48. The fraction of sp³-hybridized carbons (Fsp3) is 0.600. The largest absolute Gasteiger partial charge is 0.314 e. The van der Waals surface area contributed by atoms with Crippen LogP contribution in [-0.4, -0.2) is 31.1 Å². The second kappa shape index (κ2) is 7.08. The zero-order valence-electron chi connectivity index (χ0n) is 11.4. The normalized spacial score (nSPS) is 21.3. The molecule has 1 aromatic carbocycles. The van der Waals surface area contributed by atoms with Crippen LogP contribution < -0.4 is 5.32 Å². The predicted molar refractivity (Wildman–Crippen MR) is 83.2 cm³/mol. The Balaban J connectivity index is 0.00000147. The van der Waals surface area contributed by atoms with Crippen molar-refractivity contribution in [2.75, 3.05) is 26.2 Å². The maximum Gasteiger partial charge on any atom is 0.142 e. The summed E-state index contributed by atoms with van der Waals surface area (Å²) in [5.41, 5.74) is 1.08. The first-order valence-corrected chi connectivity index (χ1v) is 7.51. The van der Waals surface area contributed by atoms with Crippen molar-refractivity contribution in [3.8, 4) is 0 Å². The highest BCUT2D eigenvalue weighted by Crippen LogP contribution is 2.40. The molecule has 2 nitrogen and oxygen atoms in total. The molecule has 112 valence electrons. The maximum absolute atomic E-state index is 13.7. The van der Waals surface area contributed by atoms with Crippen molar-refractivity contribution < 1.29 is 4.39 Å². The molecule has 0 spiro atoms. The number of nitrogens with one attached hydrogen (secondary N) is 1. The van der Waals surface area contributed by atoms with Crippen LogP contribution in [0.3, 0.4) is 0 Å². The van der Waals surface area contributed by atoms with Crippen molar-refractivity contribution in [1.82, 2.24) is 10.2 Å². The molecule has 1 aromatic rings. The topological polar surface area (TPSA) is 15.3 Å². The minimum atomic E-state index is -0.296. The molecule has 2 fully saturated rings. The van der Waals surface area contributed by atoms with E-state index in [0.717, 1.165) is 44.1 Å². The lowest BCUT2D eigenvalue weighted by atomic mass is 9.98. The number of halogens is 3. The van der Waals surface area contributed by atoms with Gasteiger partial charge in [-0.3, -0.25) is 4.90 Å². The molecule has 1 aliphatic heterocycles. The van der Waals surface area contributed by atoms with E-state index in [1.165, 1.54) is 12.8 Å². The summed E-state index contributed by atoms with van der Waals surface area (Å²) in [4.78, 5) is 2.48. The fourth-order valence-electron chi connectivity index (χ4n) is 2.88. The highest BCUT2D eigenvalue weighted by Gasteiger charge is 2.30. The summed E-state index contributed by atoms with van der Waals surface area (Å²) >= 11 is 5.79. The first-order valence-electron chi connectivity index (χ1n) is 7.14. The number of piperazine rings is 1. The molecular formula is C15H21Cl2FN2. The lowest BCUT2D eigenvalue weighted by Crippen LogP contribution is -2.45. The van der Waals surface area contributed by atoms with E-state index in [-0.39, 0.29) is 23.2 Å². The molecule has 1 saturated heterocycles. The minimum absolute atomic E-state index is 0. The number of benzene rings is 1. The van der Waals surface area contributed by atoms with E-state index < -0.39 is 0 Å². The lowest BCUT2D eigenvalue weighted by Gasteiger charge is -2.35. The molecule has 0 radical (unpaired) electrons. The van der Waals surface area contributed by atoms with Crippen molar-refractivity contribution in [3.05, 3.63) is 34.6 Å². The minimum Gasteiger partial charge on any atom is -0.314 e. The SMILES string of the molecule is Cl.Fc1cc([C@H](CC2CC2)N2CCNCC2)ccc1Cl. The summed E-state index contributed by atoms with van der Waals surface area (Å²) in [6.07, 6.45) is 3.82. The third kappa shape index (κ3) is 3.85. The average molecular weight is 319 g/mol. The molecule has 3 rings (SSSR count). The Kier molecular flexibility index (Phi) is 5.67. The zero-order valence-corrected chi connectivity index (χ0v) is 13.0. The van der Waals surface area contributed by atoms with E-state index in [4.69, 9.17) is 11.6 Å². The summed E-state index contributed by atoms with van der Waals surface area (Å²) in [5, 5.41) is 3.59. The van der Waals surface area contributed by atoms with E-state index in [1.54, 1.807) is 12.1 Å².